The lowest BCUT2D eigenvalue weighted by Gasteiger charge is -2.22. The quantitative estimate of drug-likeness (QED) is 0.690. The fourth-order valence-electron chi connectivity index (χ4n) is 3.33. The van der Waals surface area contributed by atoms with Crippen molar-refractivity contribution in [2.24, 2.45) is 5.41 Å². The maximum Gasteiger partial charge on any atom is 0.0600 e. The van der Waals surface area contributed by atoms with E-state index in [1.165, 1.54) is 71.2 Å². The number of rotatable bonds is 6. The summed E-state index contributed by atoms with van der Waals surface area (Å²) in [7, 11) is 0. The van der Waals surface area contributed by atoms with Gasteiger partial charge in [0, 0.05) is 6.54 Å². The molecule has 2 fully saturated rings. The molecule has 2 saturated heterocycles. The fourth-order valence-corrected chi connectivity index (χ4v) is 3.33. The number of nitrogens with zero attached hydrogens (tertiary/aromatic N) is 2. The molecule has 0 bridgehead atoms. The molecule has 3 nitrogen and oxygen atoms in total. The summed E-state index contributed by atoms with van der Waals surface area (Å²) in [5.41, 5.74) is 0.555. The van der Waals surface area contributed by atoms with Crippen LogP contribution in [0.1, 0.15) is 80.1 Å². The largest absolute Gasteiger partial charge is 0.375 e. The molecule has 0 saturated carbocycles. The van der Waals surface area contributed by atoms with Gasteiger partial charge in [0.05, 0.1) is 12.2 Å². The van der Waals surface area contributed by atoms with Crippen LogP contribution in [0.3, 0.4) is 0 Å². The minimum Gasteiger partial charge on any atom is -0.375 e. The minimum absolute atomic E-state index is 0.0275. The van der Waals surface area contributed by atoms with Crippen molar-refractivity contribution in [2.45, 2.75) is 85.7 Å². The van der Waals surface area contributed by atoms with E-state index in [-0.39, 0.29) is 5.60 Å². The molecule has 2 aliphatic heterocycles. The van der Waals surface area contributed by atoms with Crippen LogP contribution >= 0.6 is 0 Å². The van der Waals surface area contributed by atoms with Gasteiger partial charge in [0.2, 0.25) is 0 Å². The molecule has 0 radical (unpaired) electrons. The van der Waals surface area contributed by atoms with Crippen LogP contribution in [0.5, 0.6) is 0 Å². The molecule has 0 aromatic carbocycles. The van der Waals surface area contributed by atoms with Gasteiger partial charge in [-0.2, -0.15) is 0 Å². The number of likely N-dealkylation sites (tertiary alicyclic amines) is 2. The molecular formula is C21H44N2O. The van der Waals surface area contributed by atoms with Crippen molar-refractivity contribution in [3.63, 3.8) is 0 Å². The summed E-state index contributed by atoms with van der Waals surface area (Å²) in [5.74, 6) is 0. The van der Waals surface area contributed by atoms with E-state index in [1.54, 1.807) is 0 Å². The highest BCUT2D eigenvalue weighted by molar-refractivity contribution is 4.68. The lowest BCUT2D eigenvalue weighted by Crippen LogP contribution is -2.28. The first-order valence-corrected chi connectivity index (χ1v) is 10.2. The molecule has 0 aromatic heterocycles. The average molecular weight is 341 g/mol. The summed E-state index contributed by atoms with van der Waals surface area (Å²) in [6, 6.07) is 0. The standard InChI is InChI=1S/C11H23N.C10H21NO/c1-11(2,3)7-6-10-12-8-4-5-9-12;1-10(2,3)12-9-8-11-6-4-5-7-11/h4-10H2,1-3H3;4-9H2,1-3H3. The van der Waals surface area contributed by atoms with E-state index in [0.29, 0.717) is 5.41 Å². The zero-order valence-corrected chi connectivity index (χ0v) is 17.5. The van der Waals surface area contributed by atoms with Crippen LogP contribution in [0.15, 0.2) is 0 Å². The van der Waals surface area contributed by atoms with Crippen LogP contribution in [-0.4, -0.2) is 61.3 Å². The van der Waals surface area contributed by atoms with Crippen molar-refractivity contribution in [1.82, 2.24) is 9.80 Å². The van der Waals surface area contributed by atoms with Crippen LogP contribution < -0.4 is 0 Å². The van der Waals surface area contributed by atoms with Crippen molar-refractivity contribution in [3.8, 4) is 0 Å². The molecule has 0 amide bonds. The number of hydrogen-bond donors (Lipinski definition) is 0. The Morgan fingerprint density at radius 3 is 1.58 bits per heavy atom. The SMILES string of the molecule is CC(C)(C)CCCN1CCCC1.CC(C)(C)OCCN1CCCC1. The van der Waals surface area contributed by atoms with Crippen LogP contribution in [0, 0.1) is 5.41 Å². The van der Waals surface area contributed by atoms with E-state index >= 15 is 0 Å². The highest BCUT2D eigenvalue weighted by atomic mass is 16.5. The van der Waals surface area contributed by atoms with Crippen LogP contribution in [0.4, 0.5) is 0 Å². The third kappa shape index (κ3) is 12.3. The molecule has 3 heteroatoms. The normalized spacial score (nSPS) is 20.2. The Hall–Kier alpha value is -0.120. The maximum atomic E-state index is 5.65. The molecule has 2 heterocycles. The molecule has 0 atom stereocenters. The first-order valence-electron chi connectivity index (χ1n) is 10.2. The van der Waals surface area contributed by atoms with Crippen molar-refractivity contribution in [1.29, 1.82) is 0 Å². The monoisotopic (exact) mass is 340 g/mol. The summed E-state index contributed by atoms with van der Waals surface area (Å²) in [5, 5.41) is 0. The molecule has 2 rings (SSSR count). The van der Waals surface area contributed by atoms with E-state index in [0.717, 1.165) is 13.2 Å². The Labute approximate surface area is 152 Å². The van der Waals surface area contributed by atoms with Gasteiger partial charge in [-0.1, -0.05) is 20.8 Å². The predicted octanol–water partition coefficient (Wildman–Crippen LogP) is 4.81. The molecule has 0 aromatic rings. The van der Waals surface area contributed by atoms with Gasteiger partial charge in [-0.3, -0.25) is 0 Å². The zero-order valence-electron chi connectivity index (χ0n) is 17.5. The van der Waals surface area contributed by atoms with E-state index in [9.17, 15) is 0 Å². The third-order valence-electron chi connectivity index (χ3n) is 4.74. The topological polar surface area (TPSA) is 15.7 Å². The Bertz CT molecular complexity index is 273. The second kappa shape index (κ2) is 10.8. The second-order valence-corrected chi connectivity index (χ2v) is 9.72. The van der Waals surface area contributed by atoms with Crippen LogP contribution in [-0.2, 0) is 4.74 Å². The molecule has 24 heavy (non-hydrogen) atoms. The third-order valence-corrected chi connectivity index (χ3v) is 4.74. The summed E-state index contributed by atoms with van der Waals surface area (Å²) in [6.07, 6.45) is 8.34. The lowest BCUT2D eigenvalue weighted by atomic mass is 9.90. The molecule has 2 aliphatic rings. The van der Waals surface area contributed by atoms with E-state index in [2.05, 4.69) is 51.3 Å². The molecular weight excluding hydrogens is 296 g/mol. The predicted molar refractivity (Wildman–Crippen MR) is 106 cm³/mol. The lowest BCUT2D eigenvalue weighted by molar-refractivity contribution is -0.0109. The Balaban J connectivity index is 0.000000240. The van der Waals surface area contributed by atoms with Crippen molar-refractivity contribution in [2.75, 3.05) is 45.9 Å². The molecule has 0 aliphatic carbocycles. The van der Waals surface area contributed by atoms with Gasteiger partial charge in [0.1, 0.15) is 0 Å². The van der Waals surface area contributed by atoms with Crippen LogP contribution in [0.2, 0.25) is 0 Å². The van der Waals surface area contributed by atoms with Crippen LogP contribution in [0.25, 0.3) is 0 Å². The van der Waals surface area contributed by atoms with E-state index < -0.39 is 0 Å². The van der Waals surface area contributed by atoms with Gasteiger partial charge in [0.15, 0.2) is 0 Å². The Morgan fingerprint density at radius 1 is 0.708 bits per heavy atom. The van der Waals surface area contributed by atoms with Gasteiger partial charge in [-0.15, -0.1) is 0 Å². The Kier molecular flexibility index (Phi) is 9.84. The summed E-state index contributed by atoms with van der Waals surface area (Å²) >= 11 is 0. The number of ether oxygens (including phenoxy) is 1. The highest BCUT2D eigenvalue weighted by Crippen LogP contribution is 2.21. The van der Waals surface area contributed by atoms with E-state index in [1.807, 2.05) is 0 Å². The number of hydrogen-bond acceptors (Lipinski definition) is 3. The van der Waals surface area contributed by atoms with Gasteiger partial charge < -0.3 is 14.5 Å². The summed E-state index contributed by atoms with van der Waals surface area (Å²) in [6.45, 7) is 21.9. The molecule has 0 N–H and O–H groups in total. The summed E-state index contributed by atoms with van der Waals surface area (Å²) < 4.78 is 5.65. The van der Waals surface area contributed by atoms with Gasteiger partial charge >= 0.3 is 0 Å². The highest BCUT2D eigenvalue weighted by Gasteiger charge is 2.14. The molecule has 144 valence electrons. The molecule has 0 spiro atoms. The average Bonchev–Trinajstić information content (AvgIpc) is 3.09. The maximum absolute atomic E-state index is 5.65. The minimum atomic E-state index is 0.0275. The van der Waals surface area contributed by atoms with Gasteiger partial charge in [-0.25, -0.2) is 0 Å². The van der Waals surface area contributed by atoms with Crippen molar-refractivity contribution < 1.29 is 4.74 Å². The van der Waals surface area contributed by atoms with Gasteiger partial charge in [0.25, 0.3) is 0 Å². The van der Waals surface area contributed by atoms with Gasteiger partial charge in [-0.05, 0) is 97.4 Å². The second-order valence-electron chi connectivity index (χ2n) is 9.72. The zero-order chi connectivity index (χ0) is 18.1. The fraction of sp³-hybridized carbons (Fsp3) is 1.00. The van der Waals surface area contributed by atoms with E-state index in [4.69, 9.17) is 4.74 Å². The first-order chi connectivity index (χ1) is 11.2. The first kappa shape index (κ1) is 21.9. The summed E-state index contributed by atoms with van der Waals surface area (Å²) in [4.78, 5) is 5.08. The van der Waals surface area contributed by atoms with Crippen molar-refractivity contribution >= 4 is 0 Å². The Morgan fingerprint density at radius 2 is 1.17 bits per heavy atom. The van der Waals surface area contributed by atoms with Crippen molar-refractivity contribution in [3.05, 3.63) is 0 Å². The molecule has 0 unspecified atom stereocenters. The smallest absolute Gasteiger partial charge is 0.0600 e.